The lowest BCUT2D eigenvalue weighted by Crippen LogP contribution is -2.47. The molecule has 2 rings (SSSR count). The van der Waals surface area contributed by atoms with Gasteiger partial charge in [-0.05, 0) is 24.5 Å². The molecule has 0 unspecified atom stereocenters. The summed E-state index contributed by atoms with van der Waals surface area (Å²) in [5.74, 6) is -0.350. The highest BCUT2D eigenvalue weighted by atomic mass is 35.5. The number of rotatable bonds is 4. The highest BCUT2D eigenvalue weighted by molar-refractivity contribution is 6.37. The van der Waals surface area contributed by atoms with Gasteiger partial charge in [0.05, 0.1) is 16.3 Å². The van der Waals surface area contributed by atoms with Crippen molar-refractivity contribution < 1.29 is 9.90 Å². The van der Waals surface area contributed by atoms with Gasteiger partial charge < -0.3 is 10.0 Å². The predicted molar refractivity (Wildman–Crippen MR) is 74.0 cm³/mol. The Labute approximate surface area is 116 Å². The fourth-order valence-electron chi connectivity index (χ4n) is 2.39. The fourth-order valence-corrected chi connectivity index (χ4v) is 3.01. The molecule has 0 bridgehead atoms. The molecule has 5 heteroatoms. The summed E-state index contributed by atoms with van der Waals surface area (Å²) in [7, 11) is 0. The smallest absolute Gasteiger partial charge is 0.337 e. The molecule has 1 saturated heterocycles. The summed E-state index contributed by atoms with van der Waals surface area (Å²) in [5, 5.41) is 9.97. The highest BCUT2D eigenvalue weighted by Gasteiger charge is 2.30. The van der Waals surface area contributed by atoms with Gasteiger partial charge in [0.1, 0.15) is 0 Å². The van der Waals surface area contributed by atoms with E-state index in [4.69, 9.17) is 23.2 Å². The Hall–Kier alpha value is -0.930. The SMILES string of the molecule is CCCC1CN(c2c(Cl)cc(Cl)cc2C(=O)O)C1. The third kappa shape index (κ3) is 2.57. The summed E-state index contributed by atoms with van der Waals surface area (Å²) in [6.45, 7) is 3.89. The molecule has 98 valence electrons. The van der Waals surface area contributed by atoms with Crippen molar-refractivity contribution in [3.63, 3.8) is 0 Å². The Kier molecular flexibility index (Phi) is 4.03. The van der Waals surface area contributed by atoms with Crippen molar-refractivity contribution in [2.45, 2.75) is 19.8 Å². The van der Waals surface area contributed by atoms with Crippen molar-refractivity contribution in [3.05, 3.63) is 27.7 Å². The van der Waals surface area contributed by atoms with Gasteiger partial charge >= 0.3 is 5.97 Å². The minimum absolute atomic E-state index is 0.183. The summed E-state index contributed by atoms with van der Waals surface area (Å²) in [4.78, 5) is 13.3. The Bertz CT molecular complexity index is 470. The zero-order valence-corrected chi connectivity index (χ0v) is 11.6. The molecule has 3 nitrogen and oxygen atoms in total. The Morgan fingerprint density at radius 2 is 2.11 bits per heavy atom. The maximum Gasteiger partial charge on any atom is 0.337 e. The van der Waals surface area contributed by atoms with Crippen molar-refractivity contribution in [2.75, 3.05) is 18.0 Å². The van der Waals surface area contributed by atoms with E-state index in [1.807, 2.05) is 4.90 Å². The Morgan fingerprint density at radius 1 is 1.44 bits per heavy atom. The summed E-state index contributed by atoms with van der Waals surface area (Å²) >= 11 is 12.0. The van der Waals surface area contributed by atoms with E-state index in [2.05, 4.69) is 6.92 Å². The highest BCUT2D eigenvalue weighted by Crippen LogP contribution is 2.37. The molecule has 18 heavy (non-hydrogen) atoms. The molecule has 0 aromatic heterocycles. The number of carbonyl (C=O) groups is 1. The van der Waals surface area contributed by atoms with Crippen LogP contribution in [0.4, 0.5) is 5.69 Å². The van der Waals surface area contributed by atoms with E-state index >= 15 is 0 Å². The number of nitrogens with zero attached hydrogens (tertiary/aromatic N) is 1. The molecular weight excluding hydrogens is 273 g/mol. The van der Waals surface area contributed by atoms with E-state index in [-0.39, 0.29) is 5.56 Å². The van der Waals surface area contributed by atoms with Gasteiger partial charge in [-0.2, -0.15) is 0 Å². The average Bonchev–Trinajstić information content (AvgIpc) is 2.23. The van der Waals surface area contributed by atoms with Crippen molar-refractivity contribution >= 4 is 34.9 Å². The summed E-state index contributed by atoms with van der Waals surface area (Å²) in [5.41, 5.74) is 0.781. The second-order valence-electron chi connectivity index (χ2n) is 4.65. The van der Waals surface area contributed by atoms with Gasteiger partial charge in [0.25, 0.3) is 0 Å². The van der Waals surface area contributed by atoms with Crippen LogP contribution in [-0.2, 0) is 0 Å². The van der Waals surface area contributed by atoms with Gasteiger partial charge in [0.2, 0.25) is 0 Å². The second kappa shape index (κ2) is 5.37. The van der Waals surface area contributed by atoms with Crippen LogP contribution in [0, 0.1) is 5.92 Å². The third-order valence-corrected chi connectivity index (χ3v) is 3.74. The molecule has 1 heterocycles. The maximum atomic E-state index is 11.2. The van der Waals surface area contributed by atoms with Gasteiger partial charge in [0, 0.05) is 18.1 Å². The molecule has 1 fully saturated rings. The first-order valence-corrected chi connectivity index (χ1v) is 6.75. The lowest BCUT2D eigenvalue weighted by Gasteiger charge is -2.42. The largest absolute Gasteiger partial charge is 0.478 e. The molecule has 0 atom stereocenters. The average molecular weight is 288 g/mol. The van der Waals surface area contributed by atoms with Gasteiger partial charge in [-0.3, -0.25) is 0 Å². The van der Waals surface area contributed by atoms with Gasteiger partial charge in [0.15, 0.2) is 0 Å². The van der Waals surface area contributed by atoms with Gasteiger partial charge in [-0.25, -0.2) is 4.79 Å². The third-order valence-electron chi connectivity index (χ3n) is 3.23. The van der Waals surface area contributed by atoms with Crippen molar-refractivity contribution in [2.24, 2.45) is 5.92 Å². The van der Waals surface area contributed by atoms with Crippen LogP contribution in [0.15, 0.2) is 12.1 Å². The molecule has 1 aliphatic rings. The monoisotopic (exact) mass is 287 g/mol. The number of hydrogen-bond donors (Lipinski definition) is 1. The van der Waals surface area contributed by atoms with E-state index in [9.17, 15) is 9.90 Å². The first-order valence-electron chi connectivity index (χ1n) is 6.00. The minimum Gasteiger partial charge on any atom is -0.478 e. The van der Waals surface area contributed by atoms with Crippen LogP contribution in [0.3, 0.4) is 0 Å². The first kappa shape index (κ1) is 13.5. The zero-order chi connectivity index (χ0) is 13.3. The van der Waals surface area contributed by atoms with Gasteiger partial charge in [-0.1, -0.05) is 36.5 Å². The van der Waals surface area contributed by atoms with Crippen LogP contribution in [0.2, 0.25) is 10.0 Å². The second-order valence-corrected chi connectivity index (χ2v) is 5.49. The summed E-state index contributed by atoms with van der Waals surface area (Å²) in [6, 6.07) is 3.05. The number of benzene rings is 1. The molecule has 1 N–H and O–H groups in total. The minimum atomic E-state index is -0.992. The van der Waals surface area contributed by atoms with E-state index in [1.165, 1.54) is 12.5 Å². The normalized spacial score (nSPS) is 15.6. The number of carboxylic acid groups (broad SMARTS) is 1. The molecule has 1 aliphatic heterocycles. The predicted octanol–water partition coefficient (Wildman–Crippen LogP) is 3.93. The number of anilines is 1. The number of halogens is 2. The van der Waals surface area contributed by atoms with Crippen molar-refractivity contribution in [3.8, 4) is 0 Å². The van der Waals surface area contributed by atoms with Crippen LogP contribution < -0.4 is 4.90 Å². The van der Waals surface area contributed by atoms with Crippen molar-refractivity contribution in [1.82, 2.24) is 0 Å². The standard InChI is InChI=1S/C13H15Cl2NO2/c1-2-3-8-6-16(7-8)12-10(13(17)18)4-9(14)5-11(12)15/h4-5,8H,2-3,6-7H2,1H3,(H,17,18). The lowest BCUT2D eigenvalue weighted by atomic mass is 9.93. The summed E-state index contributed by atoms with van der Waals surface area (Å²) < 4.78 is 0. The van der Waals surface area contributed by atoms with E-state index in [0.717, 1.165) is 19.5 Å². The molecule has 0 amide bonds. The Balaban J connectivity index is 2.25. The van der Waals surface area contributed by atoms with Crippen LogP contribution in [0.5, 0.6) is 0 Å². The fraction of sp³-hybridized carbons (Fsp3) is 0.462. The van der Waals surface area contributed by atoms with Crippen molar-refractivity contribution in [1.29, 1.82) is 0 Å². The molecule has 1 aromatic carbocycles. The van der Waals surface area contributed by atoms with Gasteiger partial charge in [-0.15, -0.1) is 0 Å². The van der Waals surface area contributed by atoms with Crippen LogP contribution in [-0.4, -0.2) is 24.2 Å². The number of carboxylic acids is 1. The molecule has 0 saturated carbocycles. The van der Waals surface area contributed by atoms with Crippen LogP contribution >= 0.6 is 23.2 Å². The quantitative estimate of drug-likeness (QED) is 0.912. The number of aromatic carboxylic acids is 1. The molecule has 1 aromatic rings. The topological polar surface area (TPSA) is 40.5 Å². The van der Waals surface area contributed by atoms with E-state index < -0.39 is 5.97 Å². The van der Waals surface area contributed by atoms with Crippen LogP contribution in [0.25, 0.3) is 0 Å². The lowest BCUT2D eigenvalue weighted by molar-refractivity contribution is 0.0697. The zero-order valence-electron chi connectivity index (χ0n) is 10.1. The maximum absolute atomic E-state index is 11.2. The summed E-state index contributed by atoms with van der Waals surface area (Å²) in [6.07, 6.45) is 2.32. The molecule has 0 spiro atoms. The van der Waals surface area contributed by atoms with E-state index in [1.54, 1.807) is 6.07 Å². The Morgan fingerprint density at radius 3 is 2.67 bits per heavy atom. The molecular formula is C13H15Cl2NO2. The van der Waals surface area contributed by atoms with Crippen LogP contribution in [0.1, 0.15) is 30.1 Å². The first-order chi connectivity index (χ1) is 8.52. The van der Waals surface area contributed by atoms with E-state index in [0.29, 0.717) is 21.7 Å². The number of hydrogen-bond acceptors (Lipinski definition) is 2. The molecule has 0 aliphatic carbocycles. The molecule has 0 radical (unpaired) electrons.